The van der Waals surface area contributed by atoms with Crippen LogP contribution < -0.4 is 10.4 Å². The maximum absolute atomic E-state index is 13.0. The second-order valence-electron chi connectivity index (χ2n) is 15.0. The van der Waals surface area contributed by atoms with Gasteiger partial charge in [0.2, 0.25) is 0 Å². The normalized spacial score (nSPS) is 16.1. The Morgan fingerprint density at radius 1 is 0.786 bits per heavy atom. The molecule has 0 spiro atoms. The molecule has 0 amide bonds. The van der Waals surface area contributed by atoms with Gasteiger partial charge in [0.25, 0.3) is 0 Å². The van der Waals surface area contributed by atoms with E-state index in [-0.39, 0.29) is 16.1 Å². The molecule has 0 saturated heterocycles. The third kappa shape index (κ3) is 5.60. The van der Waals surface area contributed by atoms with Crippen LogP contribution in [0.2, 0.25) is 48.8 Å². The second kappa shape index (κ2) is 11.2. The van der Waals surface area contributed by atoms with E-state index >= 15 is 0 Å². The van der Waals surface area contributed by atoms with Gasteiger partial charge in [-0.2, -0.15) is 0 Å². The predicted molar refractivity (Wildman–Crippen MR) is 196 cm³/mol. The molecule has 1 aliphatic rings. The Bertz CT molecular complexity index is 1590. The molecule has 4 aromatic rings. The molecule has 0 saturated carbocycles. The van der Waals surface area contributed by atoms with Crippen molar-refractivity contribution < 1.29 is 9.53 Å². The van der Waals surface area contributed by atoms with Crippen molar-refractivity contribution in [2.24, 2.45) is 5.92 Å². The fraction of sp³-hybridized carbons (Fsp3) is 0.400. The van der Waals surface area contributed by atoms with E-state index < -0.39 is 27.1 Å². The number of esters is 1. The van der Waals surface area contributed by atoms with Gasteiger partial charge >= 0.3 is 266 Å². The topological polar surface area (TPSA) is 26.3 Å². The van der Waals surface area contributed by atoms with Crippen LogP contribution in [0.4, 0.5) is 0 Å². The summed E-state index contributed by atoms with van der Waals surface area (Å²) in [6.07, 6.45) is 0. The molecule has 1 atom stereocenters. The number of hydrogen-bond acceptors (Lipinski definition) is 4. The van der Waals surface area contributed by atoms with E-state index in [0.29, 0.717) is 0 Å². The zero-order valence-electron chi connectivity index (χ0n) is 27.2. The van der Waals surface area contributed by atoms with Gasteiger partial charge in [-0.15, -0.1) is 0 Å². The Hall–Kier alpha value is -1.45. The predicted octanol–water partition coefficient (Wildman–Crippen LogP) is 10.00. The van der Waals surface area contributed by atoms with Crippen LogP contribution in [0.3, 0.4) is 0 Å². The van der Waals surface area contributed by atoms with Gasteiger partial charge in [-0.05, 0) is 0 Å². The number of rotatable bonds is 5. The zero-order chi connectivity index (χ0) is 30.8. The standard InChI is InChI=1S/C35H46GeO2S2Si2/c1-23(34(37)38-5)22-36(35(2,3)4)39-32-28(41(6,7)8)20-24-16-12-14-18-26(24)30(32)31-27-19-15-13-17-25(27)21-29(33(31)40-36)42(9,10)11/h12-21,23H,22H2,1-11H3/t23-/m1/s1. The first kappa shape index (κ1) is 32.0. The molecule has 2 nitrogen and oxygen atoms in total. The molecule has 4 aromatic carbocycles. The van der Waals surface area contributed by atoms with E-state index in [2.05, 4.69) is 148 Å². The van der Waals surface area contributed by atoms with Crippen LogP contribution in [-0.2, 0) is 9.53 Å². The summed E-state index contributed by atoms with van der Waals surface area (Å²) in [6, 6.07) is 23.2. The molecular weight excluding hydrogens is 645 g/mol. The van der Waals surface area contributed by atoms with Crippen LogP contribution in [-0.4, -0.2) is 40.2 Å². The molecule has 5 rings (SSSR count). The third-order valence-electron chi connectivity index (χ3n) is 8.72. The number of fused-ring (bicyclic) bond motifs is 7. The van der Waals surface area contributed by atoms with Gasteiger partial charge in [-0.3, -0.25) is 0 Å². The first-order valence-corrected chi connectivity index (χ1v) is 31.4. The van der Waals surface area contributed by atoms with Gasteiger partial charge in [-0.25, -0.2) is 0 Å². The molecule has 0 unspecified atom stereocenters. The van der Waals surface area contributed by atoms with Gasteiger partial charge < -0.3 is 0 Å². The Balaban J connectivity index is 2.06. The number of hydrogen-bond donors (Lipinski definition) is 0. The van der Waals surface area contributed by atoms with Crippen molar-refractivity contribution in [2.45, 2.75) is 86.3 Å². The van der Waals surface area contributed by atoms with Gasteiger partial charge in [-0.1, -0.05) is 0 Å². The summed E-state index contributed by atoms with van der Waals surface area (Å²) >= 11 is 0. The van der Waals surface area contributed by atoms with Gasteiger partial charge in [0.1, 0.15) is 0 Å². The molecule has 0 bridgehead atoms. The Morgan fingerprint density at radius 3 is 1.55 bits per heavy atom. The molecule has 0 N–H and O–H groups in total. The number of ether oxygens (including phenoxy) is 1. The molecule has 42 heavy (non-hydrogen) atoms. The van der Waals surface area contributed by atoms with E-state index in [9.17, 15) is 4.79 Å². The Kier molecular flexibility index (Phi) is 8.49. The molecule has 0 fully saturated rings. The molecule has 1 heterocycles. The summed E-state index contributed by atoms with van der Waals surface area (Å²) in [4.78, 5) is 16.0. The minimum absolute atomic E-state index is 0.0706. The third-order valence-corrected chi connectivity index (χ3v) is 39.6. The minimum atomic E-state index is -3.13. The molecule has 222 valence electrons. The Labute approximate surface area is 264 Å². The van der Waals surface area contributed by atoms with Crippen LogP contribution in [0.1, 0.15) is 27.7 Å². The average Bonchev–Trinajstić information content (AvgIpc) is 3.06. The van der Waals surface area contributed by atoms with Crippen molar-refractivity contribution in [2.75, 3.05) is 7.11 Å². The van der Waals surface area contributed by atoms with Crippen LogP contribution in [0.15, 0.2) is 70.5 Å². The summed E-state index contributed by atoms with van der Waals surface area (Å²) in [6.45, 7) is 24.4. The van der Waals surface area contributed by atoms with Crippen molar-refractivity contribution in [1.29, 1.82) is 0 Å². The van der Waals surface area contributed by atoms with Gasteiger partial charge in [0.15, 0.2) is 0 Å². The van der Waals surface area contributed by atoms with E-state index in [0.717, 1.165) is 5.25 Å². The first-order valence-electron chi connectivity index (χ1n) is 15.1. The van der Waals surface area contributed by atoms with Crippen molar-refractivity contribution in [3.8, 4) is 11.1 Å². The summed E-state index contributed by atoms with van der Waals surface area (Å²) in [5.74, 6) is -0.214. The first-order chi connectivity index (χ1) is 19.5. The number of benzene rings is 4. The second-order valence-corrected chi connectivity index (χ2v) is 44.7. The molecule has 0 aromatic heterocycles. The molecule has 7 heteroatoms. The van der Waals surface area contributed by atoms with Crippen LogP contribution in [0.25, 0.3) is 32.7 Å². The van der Waals surface area contributed by atoms with Crippen molar-refractivity contribution in [1.82, 2.24) is 0 Å². The summed E-state index contributed by atoms with van der Waals surface area (Å²) in [7, 11) is -0.653. The van der Waals surface area contributed by atoms with Crippen molar-refractivity contribution in [3.05, 3.63) is 60.7 Å². The van der Waals surface area contributed by atoms with Crippen LogP contribution in [0, 0.1) is 5.92 Å². The van der Waals surface area contributed by atoms with Crippen LogP contribution >= 0.6 is 20.2 Å². The summed E-state index contributed by atoms with van der Waals surface area (Å²) in [5.41, 5.74) is 2.88. The molecule has 0 radical (unpaired) electrons. The van der Waals surface area contributed by atoms with Gasteiger partial charge in [0, 0.05) is 0 Å². The molecular formula is C35H46GeO2S2Si2. The Morgan fingerprint density at radius 2 is 1.19 bits per heavy atom. The average molecular weight is 692 g/mol. The number of carbonyl (C=O) groups excluding carboxylic acids is 1. The summed E-state index contributed by atoms with van der Waals surface area (Å²) < 4.78 is 5.41. The fourth-order valence-electron chi connectivity index (χ4n) is 6.21. The molecule has 1 aliphatic heterocycles. The molecule has 0 aliphatic carbocycles. The van der Waals surface area contributed by atoms with Gasteiger partial charge in [0.05, 0.1) is 0 Å². The SMILES string of the molecule is COC(=O)[C@H](C)[CH2][Ge]1([C](C)(C)C)[S]c2c([Si](C)(C)C)cc3ccccc3c2-c2c(c([Si](C)(C)C)cc3ccccc23)[S]1. The fourth-order valence-corrected chi connectivity index (χ4v) is 36.0. The maximum atomic E-state index is 13.0. The monoisotopic (exact) mass is 692 g/mol. The quantitative estimate of drug-likeness (QED) is 0.154. The zero-order valence-corrected chi connectivity index (χ0v) is 32.9. The van der Waals surface area contributed by atoms with Crippen molar-refractivity contribution in [3.63, 3.8) is 0 Å². The van der Waals surface area contributed by atoms with Crippen molar-refractivity contribution >= 4 is 85.2 Å². The summed E-state index contributed by atoms with van der Waals surface area (Å²) in [5, 5.41) is 9.42. The van der Waals surface area contributed by atoms with E-state index in [4.69, 9.17) is 4.74 Å². The number of methoxy groups -OCH3 is 1. The van der Waals surface area contributed by atoms with E-state index in [1.165, 1.54) is 42.5 Å². The van der Waals surface area contributed by atoms with E-state index in [1.54, 1.807) is 17.5 Å². The van der Waals surface area contributed by atoms with E-state index in [1.807, 2.05) is 0 Å². The van der Waals surface area contributed by atoms with Crippen LogP contribution in [0.5, 0.6) is 0 Å². The number of carbonyl (C=O) groups is 1.